The first kappa shape index (κ1) is 8.79. The molecule has 0 aromatic rings. The Morgan fingerprint density at radius 1 is 1.50 bits per heavy atom. The van der Waals surface area contributed by atoms with Gasteiger partial charge in [-0.25, -0.2) is 0 Å². The van der Waals surface area contributed by atoms with Crippen LogP contribution in [0.25, 0.3) is 0 Å². The van der Waals surface area contributed by atoms with Gasteiger partial charge in [-0.15, -0.1) is 0 Å². The van der Waals surface area contributed by atoms with Gasteiger partial charge in [0.05, 0.1) is 0 Å². The fourth-order valence-corrected chi connectivity index (χ4v) is 1.97. The normalized spacial score (nSPS) is 12.6. The Balaban J connectivity index is 3.56. The summed E-state index contributed by atoms with van der Waals surface area (Å²) in [6.07, 6.45) is 0. The van der Waals surface area contributed by atoms with Gasteiger partial charge in [-0.2, -0.15) is 0 Å². The molecule has 0 saturated carbocycles. The van der Waals surface area contributed by atoms with Crippen LogP contribution in [0, 0.1) is 0 Å². The Morgan fingerprint density at radius 2 is 1.88 bits per heavy atom. The summed E-state index contributed by atoms with van der Waals surface area (Å²) in [6.45, 7) is 0. The van der Waals surface area contributed by atoms with E-state index in [1.807, 2.05) is 14.1 Å². The van der Waals surface area contributed by atoms with Gasteiger partial charge in [0, 0.05) is 0 Å². The second-order valence-corrected chi connectivity index (χ2v) is 7.13. The van der Waals surface area contributed by atoms with Crippen molar-refractivity contribution in [2.75, 3.05) is 14.1 Å². The topological polar surface area (TPSA) is 67.3 Å². The summed E-state index contributed by atoms with van der Waals surface area (Å²) in [5, 5.41) is 4.55. The van der Waals surface area contributed by atoms with Gasteiger partial charge in [-0.1, -0.05) is 0 Å². The summed E-state index contributed by atoms with van der Waals surface area (Å²) in [7, 11) is 3.68. The standard InChI is InChI=1S/C2H11N4PSe/c1-6(2)5-7(3,4)8/h1-2H3,(H5,3,4,5,8). The molecule has 0 unspecified atom stereocenters. The van der Waals surface area contributed by atoms with Crippen molar-refractivity contribution in [3.63, 3.8) is 0 Å². The molecule has 0 aliphatic heterocycles. The van der Waals surface area contributed by atoms with E-state index in [1.165, 1.54) is 0 Å². The van der Waals surface area contributed by atoms with Crippen molar-refractivity contribution < 1.29 is 0 Å². The van der Waals surface area contributed by atoms with Crippen molar-refractivity contribution in [3.8, 4) is 0 Å². The van der Waals surface area contributed by atoms with Gasteiger partial charge in [0.25, 0.3) is 0 Å². The Labute approximate surface area is 56.9 Å². The molecule has 0 fully saturated rings. The molecular formula is C2H11N4PSe. The molecule has 5 N–H and O–H groups in total. The SMILES string of the molecule is CN(C)NP(N)(N)=[Se]. The van der Waals surface area contributed by atoms with Gasteiger partial charge in [0.15, 0.2) is 0 Å². The summed E-state index contributed by atoms with van der Waals surface area (Å²) in [5.74, 6) is -1.92. The van der Waals surface area contributed by atoms with Crippen LogP contribution in [0.3, 0.4) is 0 Å². The summed E-state index contributed by atoms with van der Waals surface area (Å²) < 4.78 is 0. The third-order valence-electron chi connectivity index (χ3n) is 0.356. The van der Waals surface area contributed by atoms with Gasteiger partial charge >= 0.3 is 56.4 Å². The maximum atomic E-state index is 5.42. The molecule has 0 radical (unpaired) electrons. The van der Waals surface area contributed by atoms with E-state index in [2.05, 4.69) is 20.3 Å². The Hall–Kier alpha value is 0.789. The summed E-state index contributed by atoms with van der Waals surface area (Å²) in [4.78, 5) is 0. The molecule has 0 amide bonds. The summed E-state index contributed by atoms with van der Waals surface area (Å²) >= 11 is 2.66. The van der Waals surface area contributed by atoms with E-state index in [9.17, 15) is 0 Å². The van der Waals surface area contributed by atoms with E-state index in [0.29, 0.717) is 0 Å². The molecule has 6 heteroatoms. The Kier molecular flexibility index (Phi) is 3.39. The van der Waals surface area contributed by atoms with E-state index >= 15 is 0 Å². The van der Waals surface area contributed by atoms with Crippen LogP contribution in [-0.4, -0.2) is 34.2 Å². The zero-order chi connectivity index (χ0) is 6.78. The third-order valence-corrected chi connectivity index (χ3v) is 1.58. The van der Waals surface area contributed by atoms with Gasteiger partial charge < -0.3 is 0 Å². The molecule has 50 valence electrons. The van der Waals surface area contributed by atoms with Crippen LogP contribution in [-0.2, 0) is 0 Å². The molecule has 0 spiro atoms. The zero-order valence-corrected chi connectivity index (χ0v) is 7.56. The van der Waals surface area contributed by atoms with E-state index in [1.54, 1.807) is 5.01 Å². The Bertz CT molecular complexity index is 107. The number of nitrogens with two attached hydrogens (primary N) is 2. The van der Waals surface area contributed by atoms with E-state index in [-0.39, 0.29) is 0 Å². The molecule has 0 aromatic heterocycles. The van der Waals surface area contributed by atoms with Crippen molar-refractivity contribution >= 4 is 21.1 Å². The minimum absolute atomic E-state index is 1.73. The van der Waals surface area contributed by atoms with Crippen LogP contribution in [0.2, 0.25) is 0 Å². The molecule has 4 nitrogen and oxygen atoms in total. The van der Waals surface area contributed by atoms with Crippen molar-refractivity contribution in [2.45, 2.75) is 0 Å². The molecule has 0 rings (SSSR count). The first-order chi connectivity index (χ1) is 3.42. The van der Waals surface area contributed by atoms with Crippen molar-refractivity contribution in [1.82, 2.24) is 10.2 Å². The van der Waals surface area contributed by atoms with Gasteiger partial charge in [-0.05, 0) is 0 Å². The second kappa shape index (κ2) is 3.08. The molecule has 0 atom stereocenters. The van der Waals surface area contributed by atoms with Crippen molar-refractivity contribution in [1.29, 1.82) is 0 Å². The second-order valence-electron chi connectivity index (χ2n) is 1.70. The van der Waals surface area contributed by atoms with Crippen molar-refractivity contribution in [3.05, 3.63) is 0 Å². The quantitative estimate of drug-likeness (QED) is 0.299. The maximum absolute atomic E-state index is 5.42. The van der Waals surface area contributed by atoms with Crippen LogP contribution in [0.15, 0.2) is 0 Å². The molecule has 0 aliphatic rings. The number of rotatable bonds is 2. The van der Waals surface area contributed by atoms with E-state index in [0.717, 1.165) is 0 Å². The molecule has 0 saturated heterocycles. The van der Waals surface area contributed by atoms with E-state index in [4.69, 9.17) is 11.0 Å². The summed E-state index contributed by atoms with van der Waals surface area (Å²) in [5.41, 5.74) is 10.8. The average molecular weight is 201 g/mol. The first-order valence-corrected chi connectivity index (χ1v) is 6.18. The minimum atomic E-state index is -1.92. The van der Waals surface area contributed by atoms with Gasteiger partial charge in [-0.3, -0.25) is 0 Å². The molecule has 0 heterocycles. The molecular weight excluding hydrogens is 190 g/mol. The predicted octanol–water partition coefficient (Wildman–Crippen LogP) is -1.18. The molecule has 0 aromatic carbocycles. The number of hydrogen-bond acceptors (Lipinski definition) is 4. The molecule has 0 aliphatic carbocycles. The monoisotopic (exact) mass is 202 g/mol. The summed E-state index contributed by atoms with van der Waals surface area (Å²) in [6, 6.07) is 0. The number of nitrogens with one attached hydrogen (secondary N) is 1. The molecule has 8 heavy (non-hydrogen) atoms. The number of nitrogens with zero attached hydrogens (tertiary/aromatic N) is 1. The number of hydrogen-bond donors (Lipinski definition) is 3. The predicted molar refractivity (Wildman–Crippen MR) is 37.9 cm³/mol. The van der Waals surface area contributed by atoms with Gasteiger partial charge in [0.1, 0.15) is 0 Å². The fraction of sp³-hybridized carbons (Fsp3) is 1.00. The first-order valence-electron chi connectivity index (χ1n) is 2.04. The molecule has 0 bridgehead atoms. The van der Waals surface area contributed by atoms with Crippen molar-refractivity contribution in [2.24, 2.45) is 11.0 Å². The van der Waals surface area contributed by atoms with Crippen LogP contribution in [0.4, 0.5) is 0 Å². The van der Waals surface area contributed by atoms with E-state index < -0.39 is 5.96 Å². The van der Waals surface area contributed by atoms with Crippen LogP contribution in [0.5, 0.6) is 0 Å². The Morgan fingerprint density at radius 3 is 1.88 bits per heavy atom. The zero-order valence-electron chi connectivity index (χ0n) is 4.96. The third kappa shape index (κ3) is 6.79. The fourth-order valence-electron chi connectivity index (χ4n) is 0.313. The van der Waals surface area contributed by atoms with Gasteiger partial charge in [0.2, 0.25) is 0 Å². The van der Waals surface area contributed by atoms with Crippen LogP contribution < -0.4 is 16.2 Å². The number of hydrazine groups is 1. The van der Waals surface area contributed by atoms with Crippen LogP contribution in [0.1, 0.15) is 0 Å². The van der Waals surface area contributed by atoms with Crippen LogP contribution >= 0.6 is 5.96 Å². The average Bonchev–Trinajstić information content (AvgIpc) is 1.21.